The van der Waals surface area contributed by atoms with Crippen molar-refractivity contribution in [3.05, 3.63) is 32.2 Å². The fraction of sp³-hybridized carbons (Fsp3) is 0.586. The monoisotopic (exact) mass is 660 g/mol. The van der Waals surface area contributed by atoms with Crippen LogP contribution >= 0.6 is 22.7 Å². The molecule has 4 bridgehead atoms. The molecule has 45 heavy (non-hydrogen) atoms. The molecule has 16 heteroatoms. The molecule has 14 nitrogen and oxygen atoms in total. The van der Waals surface area contributed by atoms with Crippen LogP contribution < -0.4 is 27.0 Å². The van der Waals surface area contributed by atoms with Gasteiger partial charge in [-0.05, 0) is 37.5 Å². The number of hydrogen-bond acceptors (Lipinski definition) is 10. The van der Waals surface area contributed by atoms with Gasteiger partial charge in [-0.2, -0.15) is 0 Å². The number of nitrogens with one attached hydrogen (secondary N) is 4. The molecule has 1 saturated heterocycles. The Balaban J connectivity index is 1.69. The van der Waals surface area contributed by atoms with Crippen molar-refractivity contribution in [2.75, 3.05) is 6.54 Å². The lowest BCUT2D eigenvalue weighted by atomic mass is 9.99. The molecule has 2 aliphatic heterocycles. The van der Waals surface area contributed by atoms with Gasteiger partial charge in [-0.3, -0.25) is 28.8 Å². The second-order valence-electron chi connectivity index (χ2n) is 12.0. The summed E-state index contributed by atoms with van der Waals surface area (Å²) in [4.78, 5) is 88.9. The van der Waals surface area contributed by atoms with Crippen LogP contribution in [0, 0.1) is 11.8 Å². The summed E-state index contributed by atoms with van der Waals surface area (Å²) >= 11 is 2.31. The summed E-state index contributed by atoms with van der Waals surface area (Å²) in [6.07, 6.45) is 1.55. The highest BCUT2D eigenvalue weighted by Crippen LogP contribution is 2.25. The lowest BCUT2D eigenvalue weighted by molar-refractivity contribution is -0.142. The molecular weight excluding hydrogens is 621 g/mol. The van der Waals surface area contributed by atoms with E-state index >= 15 is 0 Å². The second-order valence-corrected chi connectivity index (χ2v) is 13.9. The molecule has 0 unspecified atom stereocenters. The summed E-state index contributed by atoms with van der Waals surface area (Å²) in [7, 11) is 0. The van der Waals surface area contributed by atoms with Gasteiger partial charge in [0, 0.05) is 23.7 Å². The molecule has 4 rings (SSSR count). The summed E-state index contributed by atoms with van der Waals surface area (Å²) in [5, 5.41) is 15.2. The number of aromatic nitrogens is 2. The fourth-order valence-electron chi connectivity index (χ4n) is 5.31. The first-order valence-corrected chi connectivity index (χ1v) is 16.8. The lowest BCUT2D eigenvalue weighted by Crippen LogP contribution is -2.57. The third-order valence-electron chi connectivity index (χ3n) is 7.63. The molecule has 0 spiro atoms. The van der Waals surface area contributed by atoms with Gasteiger partial charge < -0.3 is 31.9 Å². The number of primary amides is 1. The van der Waals surface area contributed by atoms with E-state index in [1.807, 2.05) is 13.8 Å². The van der Waals surface area contributed by atoms with E-state index in [4.69, 9.17) is 5.73 Å². The molecule has 2 aromatic rings. The Kier molecular flexibility index (Phi) is 11.3. The summed E-state index contributed by atoms with van der Waals surface area (Å²) in [6.45, 7) is 7.86. The molecule has 0 radical (unpaired) electrons. The Hall–Kier alpha value is -3.92. The van der Waals surface area contributed by atoms with Gasteiger partial charge in [-0.15, -0.1) is 22.7 Å². The van der Waals surface area contributed by atoms with Gasteiger partial charge in [0.15, 0.2) is 0 Å². The van der Waals surface area contributed by atoms with Crippen molar-refractivity contribution in [2.45, 2.75) is 90.5 Å². The first-order chi connectivity index (χ1) is 21.3. The minimum atomic E-state index is -0.985. The van der Waals surface area contributed by atoms with Crippen molar-refractivity contribution in [1.29, 1.82) is 0 Å². The van der Waals surface area contributed by atoms with Crippen molar-refractivity contribution in [1.82, 2.24) is 36.1 Å². The number of fused-ring (bicyclic) bond motifs is 5. The van der Waals surface area contributed by atoms with Crippen molar-refractivity contribution >= 4 is 58.1 Å². The Morgan fingerprint density at radius 3 is 2.33 bits per heavy atom. The van der Waals surface area contributed by atoms with Crippen LogP contribution in [-0.2, 0) is 25.7 Å². The maximum Gasteiger partial charge on any atom is 0.271 e. The predicted molar refractivity (Wildman–Crippen MR) is 167 cm³/mol. The summed E-state index contributed by atoms with van der Waals surface area (Å²) < 4.78 is 0. The van der Waals surface area contributed by atoms with Crippen molar-refractivity contribution in [3.63, 3.8) is 0 Å². The van der Waals surface area contributed by atoms with Crippen LogP contribution in [0.25, 0.3) is 0 Å². The Morgan fingerprint density at radius 2 is 1.64 bits per heavy atom. The average molecular weight is 661 g/mol. The third-order valence-corrected chi connectivity index (χ3v) is 9.44. The van der Waals surface area contributed by atoms with E-state index in [1.165, 1.54) is 21.6 Å². The number of carbonyl (C=O) groups is 6. The SMILES string of the molecule is CC(C)C[C@H]1NC(=O)[C@@H](C(C)C)NC(=O)c2csc(n2)[C@@H](CCC(N)=O)NC(=O)c2csc(n2)CNC(=O)[C@@H]2CCCN2C1=O. The van der Waals surface area contributed by atoms with Crippen molar-refractivity contribution in [2.24, 2.45) is 17.6 Å². The zero-order chi connectivity index (χ0) is 32.8. The molecule has 0 aromatic carbocycles. The number of nitrogens with two attached hydrogens (primary N) is 1. The predicted octanol–water partition coefficient (Wildman–Crippen LogP) is 1.24. The minimum absolute atomic E-state index is 0.0351. The maximum atomic E-state index is 13.8. The summed E-state index contributed by atoms with van der Waals surface area (Å²) in [6, 6.07) is -3.34. The van der Waals surface area contributed by atoms with Gasteiger partial charge in [0.1, 0.15) is 39.5 Å². The standard InChI is InChI=1S/C29H40N8O6S2/c1-14(2)10-17-29(43)37-9-5-6-20(37)26(41)31-11-22-32-18(12-44-22)24(39)33-16(7-8-21(30)38)28-35-19(13-45-28)25(40)36-23(15(3)4)27(42)34-17/h12-17,20,23H,5-11H2,1-4H3,(H2,30,38)(H,31,41)(H,33,39)(H,34,42)(H,36,40)/t16-,17-,20+,23-/m1/s1. The summed E-state index contributed by atoms with van der Waals surface area (Å²) in [5.74, 6) is -3.19. The Morgan fingerprint density at radius 1 is 0.956 bits per heavy atom. The van der Waals surface area contributed by atoms with Gasteiger partial charge in [0.2, 0.25) is 23.6 Å². The smallest absolute Gasteiger partial charge is 0.271 e. The normalized spacial score (nSPS) is 23.6. The van der Waals surface area contributed by atoms with Gasteiger partial charge in [-0.1, -0.05) is 27.7 Å². The highest BCUT2D eigenvalue weighted by atomic mass is 32.1. The molecule has 4 heterocycles. The molecule has 6 amide bonds. The van der Waals surface area contributed by atoms with Crippen LogP contribution in [0.2, 0.25) is 0 Å². The summed E-state index contributed by atoms with van der Waals surface area (Å²) in [5.41, 5.74) is 5.52. The number of rotatable bonds is 6. The molecule has 0 saturated carbocycles. The van der Waals surface area contributed by atoms with Crippen molar-refractivity contribution in [3.8, 4) is 0 Å². The molecule has 6 N–H and O–H groups in total. The highest BCUT2D eigenvalue weighted by Gasteiger charge is 2.39. The van der Waals surface area contributed by atoms with E-state index in [0.717, 1.165) is 11.3 Å². The number of amides is 6. The Labute approximate surface area is 269 Å². The molecule has 0 aliphatic carbocycles. The minimum Gasteiger partial charge on any atom is -0.370 e. The van der Waals surface area contributed by atoms with E-state index in [9.17, 15) is 28.8 Å². The van der Waals surface area contributed by atoms with E-state index in [0.29, 0.717) is 35.8 Å². The molecule has 2 aliphatic rings. The van der Waals surface area contributed by atoms with Gasteiger partial charge in [-0.25, -0.2) is 9.97 Å². The van der Waals surface area contributed by atoms with Gasteiger partial charge in [0.05, 0.1) is 12.6 Å². The third kappa shape index (κ3) is 8.63. The van der Waals surface area contributed by atoms with Crippen LogP contribution in [0.15, 0.2) is 10.8 Å². The van der Waals surface area contributed by atoms with Crippen LogP contribution in [0.3, 0.4) is 0 Å². The van der Waals surface area contributed by atoms with E-state index < -0.39 is 47.8 Å². The van der Waals surface area contributed by atoms with Gasteiger partial charge in [0.25, 0.3) is 11.8 Å². The number of nitrogens with zero attached hydrogens (tertiary/aromatic N) is 3. The van der Waals surface area contributed by atoms with Crippen LogP contribution in [0.1, 0.15) is 96.8 Å². The van der Waals surface area contributed by atoms with Crippen LogP contribution in [-0.4, -0.2) is 75.0 Å². The number of hydrogen-bond donors (Lipinski definition) is 5. The largest absolute Gasteiger partial charge is 0.370 e. The zero-order valence-corrected chi connectivity index (χ0v) is 27.4. The first-order valence-electron chi connectivity index (χ1n) is 15.0. The Bertz CT molecular complexity index is 1440. The average Bonchev–Trinajstić information content (AvgIpc) is 3.76. The van der Waals surface area contributed by atoms with Crippen LogP contribution in [0.4, 0.5) is 0 Å². The molecular formula is C29H40N8O6S2. The second kappa shape index (κ2) is 14.9. The van der Waals surface area contributed by atoms with E-state index in [-0.39, 0.29) is 54.4 Å². The topological polar surface area (TPSA) is 206 Å². The molecule has 244 valence electrons. The van der Waals surface area contributed by atoms with Crippen LogP contribution in [0.5, 0.6) is 0 Å². The number of thiazole rings is 2. The maximum absolute atomic E-state index is 13.8. The molecule has 2 aromatic heterocycles. The van der Waals surface area contributed by atoms with E-state index in [1.54, 1.807) is 19.2 Å². The first kappa shape index (κ1) is 34.0. The zero-order valence-electron chi connectivity index (χ0n) is 25.8. The van der Waals surface area contributed by atoms with E-state index in [2.05, 4.69) is 31.2 Å². The van der Waals surface area contributed by atoms with Crippen molar-refractivity contribution < 1.29 is 28.8 Å². The highest BCUT2D eigenvalue weighted by molar-refractivity contribution is 7.10. The molecule has 1 fully saturated rings. The quantitative estimate of drug-likeness (QED) is 0.304. The van der Waals surface area contributed by atoms with Gasteiger partial charge >= 0.3 is 0 Å². The molecule has 4 atom stereocenters. The lowest BCUT2D eigenvalue weighted by Gasteiger charge is -2.31. The number of carbonyl (C=O) groups excluding carboxylic acids is 6. The fourth-order valence-corrected chi connectivity index (χ4v) is 6.91.